The van der Waals surface area contributed by atoms with Crippen LogP contribution in [0.5, 0.6) is 0 Å². The van der Waals surface area contributed by atoms with Gasteiger partial charge in [0.25, 0.3) is 5.91 Å². The second-order valence-corrected chi connectivity index (χ2v) is 6.73. The minimum Gasteiger partial charge on any atom is -0.340 e. The average molecular weight is 318 g/mol. The number of H-pyrrole nitrogens is 1. The molecule has 2 N–H and O–H groups in total. The molecule has 19 heavy (non-hydrogen) atoms. The van der Waals surface area contributed by atoms with Crippen LogP contribution in [-0.4, -0.2) is 15.9 Å². The molecule has 0 aromatic carbocycles. The summed E-state index contributed by atoms with van der Waals surface area (Å²) in [6.45, 7) is 6.20. The smallest absolute Gasteiger partial charge is 0.273 e. The normalized spacial score (nSPS) is 11.6. The van der Waals surface area contributed by atoms with Crippen LogP contribution in [-0.2, 0) is 5.41 Å². The molecule has 2 aromatic heterocycles. The van der Waals surface area contributed by atoms with Gasteiger partial charge in [0.15, 0.2) is 5.13 Å². The third-order valence-electron chi connectivity index (χ3n) is 2.46. The van der Waals surface area contributed by atoms with Crippen LogP contribution in [0, 0.1) is 0 Å². The summed E-state index contributed by atoms with van der Waals surface area (Å²) in [5.41, 5.74) is 1.20. The molecular weight excluding hydrogens is 305 g/mol. The lowest BCUT2D eigenvalue weighted by molar-refractivity contribution is 0.102. The molecule has 2 heterocycles. The number of aromatic nitrogens is 2. The van der Waals surface area contributed by atoms with Crippen molar-refractivity contribution in [3.8, 4) is 0 Å². The number of aromatic amines is 1. The molecule has 0 aliphatic heterocycles. The number of anilines is 1. The van der Waals surface area contributed by atoms with Crippen LogP contribution in [0.1, 0.15) is 37.0 Å². The van der Waals surface area contributed by atoms with E-state index in [0.29, 0.717) is 15.8 Å². The first kappa shape index (κ1) is 14.4. The molecule has 0 saturated heterocycles. The Morgan fingerprint density at radius 1 is 1.42 bits per heavy atom. The van der Waals surface area contributed by atoms with E-state index >= 15 is 0 Å². The summed E-state index contributed by atoms with van der Waals surface area (Å²) in [7, 11) is 0. The third-order valence-corrected chi connectivity index (χ3v) is 3.91. The molecule has 4 nitrogen and oxygen atoms in total. The Hall–Kier alpha value is -1.04. The molecule has 0 aliphatic rings. The fraction of sp³-hybridized carbons (Fsp3) is 0.333. The lowest BCUT2D eigenvalue weighted by atomic mass is 9.93. The molecule has 0 radical (unpaired) electrons. The number of carbonyl (C=O) groups excluding carboxylic acids is 1. The van der Waals surface area contributed by atoms with Gasteiger partial charge in [-0.05, 0) is 6.07 Å². The monoisotopic (exact) mass is 317 g/mol. The first-order valence-electron chi connectivity index (χ1n) is 5.59. The highest BCUT2D eigenvalue weighted by Crippen LogP contribution is 2.27. The maximum Gasteiger partial charge on any atom is 0.273 e. The third kappa shape index (κ3) is 3.29. The van der Waals surface area contributed by atoms with Crippen LogP contribution in [0.2, 0.25) is 10.2 Å². The van der Waals surface area contributed by atoms with Gasteiger partial charge >= 0.3 is 0 Å². The van der Waals surface area contributed by atoms with E-state index in [2.05, 4.69) is 36.1 Å². The molecule has 0 aliphatic carbocycles. The number of hydrogen-bond donors (Lipinski definition) is 2. The number of hydrogen-bond acceptors (Lipinski definition) is 3. The minimum atomic E-state index is -0.316. The Morgan fingerprint density at radius 2 is 2.11 bits per heavy atom. The van der Waals surface area contributed by atoms with Crippen LogP contribution in [0.25, 0.3) is 0 Å². The second kappa shape index (κ2) is 5.15. The van der Waals surface area contributed by atoms with Gasteiger partial charge in [-0.25, -0.2) is 4.98 Å². The first-order chi connectivity index (χ1) is 8.77. The number of nitrogens with one attached hydrogen (secondary N) is 2. The van der Waals surface area contributed by atoms with Gasteiger partial charge in [-0.3, -0.25) is 10.1 Å². The molecule has 2 rings (SSSR count). The fourth-order valence-electron chi connectivity index (χ4n) is 1.37. The van der Waals surface area contributed by atoms with Gasteiger partial charge in [-0.1, -0.05) is 44.0 Å². The van der Waals surface area contributed by atoms with Gasteiger partial charge in [0, 0.05) is 10.8 Å². The van der Waals surface area contributed by atoms with Gasteiger partial charge in [0.1, 0.15) is 10.8 Å². The zero-order valence-electron chi connectivity index (χ0n) is 10.7. The molecule has 102 valence electrons. The van der Waals surface area contributed by atoms with Crippen molar-refractivity contribution in [3.63, 3.8) is 0 Å². The van der Waals surface area contributed by atoms with Gasteiger partial charge in [0.2, 0.25) is 0 Å². The summed E-state index contributed by atoms with van der Waals surface area (Å²) in [6, 6.07) is 1.48. The van der Waals surface area contributed by atoms with E-state index in [4.69, 9.17) is 23.2 Å². The van der Waals surface area contributed by atoms with E-state index in [-0.39, 0.29) is 16.5 Å². The van der Waals surface area contributed by atoms with E-state index < -0.39 is 0 Å². The highest BCUT2D eigenvalue weighted by atomic mass is 35.5. The van der Waals surface area contributed by atoms with Crippen LogP contribution >= 0.6 is 34.5 Å². The molecule has 1 amide bonds. The van der Waals surface area contributed by atoms with Crippen LogP contribution in [0.3, 0.4) is 0 Å². The van der Waals surface area contributed by atoms with Gasteiger partial charge in [0.05, 0.1) is 10.7 Å². The van der Waals surface area contributed by atoms with Crippen molar-refractivity contribution in [2.24, 2.45) is 0 Å². The van der Waals surface area contributed by atoms with E-state index in [1.54, 1.807) is 0 Å². The summed E-state index contributed by atoms with van der Waals surface area (Å²) >= 11 is 12.9. The Bertz CT molecular complexity index is 593. The predicted octanol–water partition coefficient (Wildman–Crippen LogP) is 4.33. The molecule has 0 atom stereocenters. The average Bonchev–Trinajstić information content (AvgIpc) is 2.86. The molecule has 2 aromatic rings. The quantitative estimate of drug-likeness (QED) is 0.866. The summed E-state index contributed by atoms with van der Waals surface area (Å²) < 4.78 is 0. The summed E-state index contributed by atoms with van der Waals surface area (Å²) in [4.78, 5) is 19.0. The van der Waals surface area contributed by atoms with Crippen molar-refractivity contribution >= 4 is 45.6 Å². The van der Waals surface area contributed by atoms with Crippen molar-refractivity contribution < 1.29 is 4.79 Å². The first-order valence-corrected chi connectivity index (χ1v) is 7.22. The van der Waals surface area contributed by atoms with Crippen LogP contribution in [0.4, 0.5) is 5.13 Å². The van der Waals surface area contributed by atoms with Crippen LogP contribution < -0.4 is 5.32 Å². The van der Waals surface area contributed by atoms with Gasteiger partial charge in [-0.2, -0.15) is 0 Å². The Labute approximate surface area is 125 Å². The van der Waals surface area contributed by atoms with Crippen molar-refractivity contribution in [2.45, 2.75) is 26.2 Å². The number of rotatable bonds is 2. The zero-order chi connectivity index (χ0) is 14.2. The molecule has 7 heteroatoms. The highest BCUT2D eigenvalue weighted by molar-refractivity contribution is 7.14. The molecule has 0 saturated carbocycles. The Kier molecular flexibility index (Phi) is 3.90. The summed E-state index contributed by atoms with van der Waals surface area (Å²) in [6.07, 6.45) is 0. The van der Waals surface area contributed by atoms with Crippen LogP contribution in [0.15, 0.2) is 11.4 Å². The number of thiazole rings is 1. The largest absolute Gasteiger partial charge is 0.340 e. The second-order valence-electron chi connectivity index (χ2n) is 5.09. The highest BCUT2D eigenvalue weighted by Gasteiger charge is 2.19. The van der Waals surface area contributed by atoms with E-state index in [1.165, 1.54) is 17.4 Å². The van der Waals surface area contributed by atoms with E-state index in [1.807, 2.05) is 5.38 Å². The standard InChI is InChI=1S/C12H13Cl2N3OS/c1-12(2,3)8-5-19-11(16-8)17-10(18)7-4-6(13)9(14)15-7/h4-5,15H,1-3H3,(H,16,17,18). The van der Waals surface area contributed by atoms with Crippen molar-refractivity contribution in [3.05, 3.63) is 33.0 Å². The minimum absolute atomic E-state index is 0.0431. The lowest BCUT2D eigenvalue weighted by Crippen LogP contribution is -2.14. The van der Waals surface area contributed by atoms with Crippen molar-refractivity contribution in [1.29, 1.82) is 0 Å². The lowest BCUT2D eigenvalue weighted by Gasteiger charge is -2.14. The molecule has 0 spiro atoms. The van der Waals surface area contributed by atoms with Crippen molar-refractivity contribution in [1.82, 2.24) is 9.97 Å². The van der Waals surface area contributed by atoms with Crippen molar-refractivity contribution in [2.75, 3.05) is 5.32 Å². The predicted molar refractivity (Wildman–Crippen MR) is 79.6 cm³/mol. The molecule has 0 fully saturated rings. The SMILES string of the molecule is CC(C)(C)c1csc(NC(=O)c2cc(Cl)c(Cl)[nH]2)n1. The molecular formula is C12H13Cl2N3OS. The zero-order valence-corrected chi connectivity index (χ0v) is 13.0. The maximum absolute atomic E-state index is 11.9. The molecule has 0 unspecified atom stereocenters. The van der Waals surface area contributed by atoms with E-state index in [9.17, 15) is 4.79 Å². The maximum atomic E-state index is 11.9. The number of amides is 1. The Balaban J connectivity index is 2.13. The van der Waals surface area contributed by atoms with Gasteiger partial charge in [-0.15, -0.1) is 11.3 Å². The Morgan fingerprint density at radius 3 is 2.58 bits per heavy atom. The topological polar surface area (TPSA) is 57.8 Å². The summed E-state index contributed by atoms with van der Waals surface area (Å²) in [5, 5.41) is 5.77. The number of nitrogens with zero attached hydrogens (tertiary/aromatic N) is 1. The molecule has 0 bridgehead atoms. The number of halogens is 2. The fourth-order valence-corrected chi connectivity index (χ4v) is 2.61. The number of carbonyl (C=O) groups is 1. The van der Waals surface area contributed by atoms with E-state index in [0.717, 1.165) is 5.69 Å². The van der Waals surface area contributed by atoms with Gasteiger partial charge < -0.3 is 4.98 Å². The summed E-state index contributed by atoms with van der Waals surface area (Å²) in [5.74, 6) is -0.316.